The Hall–Kier alpha value is -1.56. The molecule has 0 N–H and O–H groups in total. The molecule has 2 aromatic carbocycles. The van der Waals surface area contributed by atoms with Gasteiger partial charge in [-0.2, -0.15) is 0 Å². The van der Waals surface area contributed by atoms with E-state index < -0.39 is 0 Å². The molecule has 1 saturated carbocycles. The second-order valence-electron chi connectivity index (χ2n) is 5.83. The number of hydrogen-bond acceptors (Lipinski definition) is 0. The molecule has 0 radical (unpaired) electrons. The Morgan fingerprint density at radius 2 is 1.56 bits per heavy atom. The topological polar surface area (TPSA) is 0 Å². The second-order valence-corrected chi connectivity index (χ2v) is 5.83. The Labute approximate surface area is 109 Å². The van der Waals surface area contributed by atoms with Gasteiger partial charge in [0.25, 0.3) is 0 Å². The van der Waals surface area contributed by atoms with E-state index in [2.05, 4.69) is 49.4 Å². The lowest BCUT2D eigenvalue weighted by atomic mass is 9.75. The summed E-state index contributed by atoms with van der Waals surface area (Å²) in [5.74, 6) is 0. The summed E-state index contributed by atoms with van der Waals surface area (Å²) >= 11 is 0. The predicted octanol–water partition coefficient (Wildman–Crippen LogP) is 4.84. The van der Waals surface area contributed by atoms with Crippen LogP contribution in [0.25, 0.3) is 11.1 Å². The van der Waals surface area contributed by atoms with Crippen molar-refractivity contribution in [3.63, 3.8) is 0 Å². The smallest absolute Gasteiger partial charge is 0.0217 e. The Morgan fingerprint density at radius 1 is 0.833 bits per heavy atom. The van der Waals surface area contributed by atoms with Crippen LogP contribution in [0.2, 0.25) is 0 Å². The first-order valence-electron chi connectivity index (χ1n) is 7.03. The summed E-state index contributed by atoms with van der Waals surface area (Å²) in [6.45, 7) is 2.28. The molecule has 0 saturated heterocycles. The predicted molar refractivity (Wildman–Crippen MR) is 75.9 cm³/mol. The average Bonchev–Trinajstić information content (AvgIpc) is 2.98. The van der Waals surface area contributed by atoms with Crippen LogP contribution in [0, 0.1) is 6.92 Å². The van der Waals surface area contributed by atoms with Crippen molar-refractivity contribution < 1.29 is 0 Å². The molecule has 4 rings (SSSR count). The highest BCUT2D eigenvalue weighted by molar-refractivity contribution is 5.82. The van der Waals surface area contributed by atoms with E-state index in [1.807, 2.05) is 0 Å². The van der Waals surface area contributed by atoms with Gasteiger partial charge in [0.05, 0.1) is 0 Å². The molecule has 2 aromatic rings. The van der Waals surface area contributed by atoms with Crippen molar-refractivity contribution in [1.82, 2.24) is 0 Å². The van der Waals surface area contributed by atoms with Crippen LogP contribution in [0.15, 0.2) is 42.5 Å². The molecule has 0 nitrogen and oxygen atoms in total. The summed E-state index contributed by atoms with van der Waals surface area (Å²) in [5.41, 5.74) is 8.02. The summed E-state index contributed by atoms with van der Waals surface area (Å²) in [4.78, 5) is 0. The van der Waals surface area contributed by atoms with E-state index in [0.717, 1.165) is 0 Å². The van der Waals surface area contributed by atoms with E-state index >= 15 is 0 Å². The van der Waals surface area contributed by atoms with Gasteiger partial charge in [-0.05, 0) is 47.6 Å². The zero-order valence-corrected chi connectivity index (χ0v) is 10.9. The van der Waals surface area contributed by atoms with Crippen molar-refractivity contribution in [2.75, 3.05) is 0 Å². The van der Waals surface area contributed by atoms with E-state index in [0.29, 0.717) is 5.41 Å². The third-order valence-corrected chi connectivity index (χ3v) is 4.94. The highest BCUT2D eigenvalue weighted by Gasteiger charge is 2.45. The summed E-state index contributed by atoms with van der Waals surface area (Å²) in [5, 5.41) is 0. The van der Waals surface area contributed by atoms with Gasteiger partial charge in [0.1, 0.15) is 0 Å². The van der Waals surface area contributed by atoms with Gasteiger partial charge in [-0.3, -0.25) is 0 Å². The first-order chi connectivity index (χ1) is 8.83. The van der Waals surface area contributed by atoms with Crippen molar-refractivity contribution in [3.8, 4) is 11.1 Å². The first-order valence-corrected chi connectivity index (χ1v) is 7.03. The van der Waals surface area contributed by atoms with Gasteiger partial charge in [0, 0.05) is 5.41 Å². The SMILES string of the molecule is Cc1cccc2c1C1(CCCC1)c1ccccc1-2. The molecule has 2 aliphatic rings. The van der Waals surface area contributed by atoms with E-state index in [1.165, 1.54) is 42.4 Å². The lowest BCUT2D eigenvalue weighted by Crippen LogP contribution is -2.21. The van der Waals surface area contributed by atoms with Gasteiger partial charge in [-0.1, -0.05) is 55.3 Å². The third kappa shape index (κ3) is 1.11. The standard InChI is InChI=1S/C18H18/c1-13-7-6-9-15-14-8-2-3-10-16(14)18(17(13)15)11-4-5-12-18/h2-3,6-10H,4-5,11-12H2,1H3. The fraction of sp³-hybridized carbons (Fsp3) is 0.333. The van der Waals surface area contributed by atoms with Crippen molar-refractivity contribution in [3.05, 3.63) is 59.2 Å². The Morgan fingerprint density at radius 3 is 2.39 bits per heavy atom. The Bertz CT molecular complexity index is 616. The number of aryl methyl sites for hydroxylation is 1. The summed E-state index contributed by atoms with van der Waals surface area (Å²) < 4.78 is 0. The van der Waals surface area contributed by atoms with Gasteiger partial charge >= 0.3 is 0 Å². The van der Waals surface area contributed by atoms with E-state index in [1.54, 1.807) is 11.1 Å². The Kier molecular flexibility index (Phi) is 2.00. The van der Waals surface area contributed by atoms with E-state index in [9.17, 15) is 0 Å². The number of benzene rings is 2. The molecule has 1 fully saturated rings. The summed E-state index contributed by atoms with van der Waals surface area (Å²) in [6, 6.07) is 15.9. The fourth-order valence-electron chi connectivity index (χ4n) is 4.30. The molecule has 18 heavy (non-hydrogen) atoms. The van der Waals surface area contributed by atoms with Crippen LogP contribution < -0.4 is 0 Å². The van der Waals surface area contributed by atoms with Crippen LogP contribution in [-0.4, -0.2) is 0 Å². The number of hydrogen-bond donors (Lipinski definition) is 0. The van der Waals surface area contributed by atoms with Gasteiger partial charge in [0.15, 0.2) is 0 Å². The van der Waals surface area contributed by atoms with E-state index in [-0.39, 0.29) is 0 Å². The van der Waals surface area contributed by atoms with Gasteiger partial charge in [-0.15, -0.1) is 0 Å². The lowest BCUT2D eigenvalue weighted by molar-refractivity contribution is 0.547. The molecular formula is C18H18. The number of fused-ring (bicyclic) bond motifs is 5. The zero-order chi connectivity index (χ0) is 12.2. The van der Waals surface area contributed by atoms with Crippen LogP contribution in [0.5, 0.6) is 0 Å². The molecule has 2 aliphatic carbocycles. The monoisotopic (exact) mass is 234 g/mol. The maximum atomic E-state index is 2.36. The quantitative estimate of drug-likeness (QED) is 0.612. The van der Waals surface area contributed by atoms with Crippen molar-refractivity contribution in [1.29, 1.82) is 0 Å². The largest absolute Gasteiger partial charge is 0.0619 e. The van der Waals surface area contributed by atoms with E-state index in [4.69, 9.17) is 0 Å². The average molecular weight is 234 g/mol. The molecule has 0 heteroatoms. The van der Waals surface area contributed by atoms with Gasteiger partial charge < -0.3 is 0 Å². The molecular weight excluding hydrogens is 216 g/mol. The second kappa shape index (κ2) is 3.47. The number of rotatable bonds is 0. The fourth-order valence-corrected chi connectivity index (χ4v) is 4.30. The minimum absolute atomic E-state index is 0.345. The highest BCUT2D eigenvalue weighted by atomic mass is 14.5. The summed E-state index contributed by atoms with van der Waals surface area (Å²) in [7, 11) is 0. The molecule has 0 aromatic heterocycles. The maximum Gasteiger partial charge on any atom is 0.0217 e. The van der Waals surface area contributed by atoms with Crippen LogP contribution in [0.3, 0.4) is 0 Å². The molecule has 90 valence electrons. The third-order valence-electron chi connectivity index (χ3n) is 4.94. The van der Waals surface area contributed by atoms with Crippen LogP contribution in [0.4, 0.5) is 0 Å². The van der Waals surface area contributed by atoms with Crippen molar-refractivity contribution in [2.45, 2.75) is 38.0 Å². The van der Waals surface area contributed by atoms with Gasteiger partial charge in [-0.25, -0.2) is 0 Å². The highest BCUT2D eigenvalue weighted by Crippen LogP contribution is 2.57. The molecule has 0 aliphatic heterocycles. The van der Waals surface area contributed by atoms with Crippen LogP contribution in [-0.2, 0) is 5.41 Å². The van der Waals surface area contributed by atoms with Crippen LogP contribution >= 0.6 is 0 Å². The van der Waals surface area contributed by atoms with Crippen LogP contribution in [0.1, 0.15) is 42.4 Å². The zero-order valence-electron chi connectivity index (χ0n) is 10.9. The summed E-state index contributed by atoms with van der Waals surface area (Å²) in [6.07, 6.45) is 5.42. The molecule has 0 heterocycles. The minimum atomic E-state index is 0.345. The maximum absolute atomic E-state index is 2.36. The molecule has 1 spiro atoms. The molecule has 0 bridgehead atoms. The molecule has 0 amide bonds. The van der Waals surface area contributed by atoms with Crippen molar-refractivity contribution >= 4 is 0 Å². The Balaban J connectivity index is 2.12. The minimum Gasteiger partial charge on any atom is -0.0619 e. The normalized spacial score (nSPS) is 18.9. The first kappa shape index (κ1) is 10.4. The lowest BCUT2D eigenvalue weighted by Gasteiger charge is -2.28. The van der Waals surface area contributed by atoms with Crippen molar-refractivity contribution in [2.24, 2.45) is 0 Å². The molecule has 0 unspecified atom stereocenters. The molecule has 0 atom stereocenters. The van der Waals surface area contributed by atoms with Gasteiger partial charge in [0.2, 0.25) is 0 Å².